The standard InChI is InChI=1S/C14H12N2OS2/c15-9-11-8-13(10-4-2-1-3-5-10)12(17)16-6-7-18-14(11,16)19-13/h1-5,11H,6-8H2/t11-,13+,14+/m1/s1. The van der Waals surface area contributed by atoms with Gasteiger partial charge in [-0.05, 0) is 12.0 Å². The number of amides is 1. The van der Waals surface area contributed by atoms with Crippen LogP contribution in [0.1, 0.15) is 12.0 Å². The van der Waals surface area contributed by atoms with Crippen LogP contribution < -0.4 is 0 Å². The molecule has 0 unspecified atom stereocenters. The molecule has 4 rings (SSSR count). The van der Waals surface area contributed by atoms with Crippen molar-refractivity contribution in [2.24, 2.45) is 5.92 Å². The van der Waals surface area contributed by atoms with E-state index in [4.69, 9.17) is 0 Å². The van der Waals surface area contributed by atoms with Gasteiger partial charge in [-0.1, -0.05) is 42.1 Å². The van der Waals surface area contributed by atoms with E-state index in [2.05, 4.69) is 6.07 Å². The second kappa shape index (κ2) is 3.71. The maximum absolute atomic E-state index is 12.8. The summed E-state index contributed by atoms with van der Waals surface area (Å²) in [6, 6.07) is 12.4. The molecule has 3 heterocycles. The van der Waals surface area contributed by atoms with Crippen molar-refractivity contribution in [3.63, 3.8) is 0 Å². The van der Waals surface area contributed by atoms with E-state index < -0.39 is 4.75 Å². The Morgan fingerprint density at radius 2 is 2.16 bits per heavy atom. The van der Waals surface area contributed by atoms with E-state index in [9.17, 15) is 10.1 Å². The van der Waals surface area contributed by atoms with Crippen molar-refractivity contribution in [3.8, 4) is 6.07 Å². The maximum atomic E-state index is 12.8. The lowest BCUT2D eigenvalue weighted by atomic mass is 9.84. The zero-order chi connectivity index (χ0) is 13.1. The topological polar surface area (TPSA) is 44.1 Å². The average molecular weight is 288 g/mol. The van der Waals surface area contributed by atoms with E-state index in [1.807, 2.05) is 35.2 Å². The Kier molecular flexibility index (Phi) is 2.28. The van der Waals surface area contributed by atoms with E-state index in [0.717, 1.165) is 17.9 Å². The van der Waals surface area contributed by atoms with Crippen molar-refractivity contribution in [1.82, 2.24) is 4.90 Å². The lowest BCUT2D eigenvalue weighted by Crippen LogP contribution is -2.49. The van der Waals surface area contributed by atoms with E-state index in [0.29, 0.717) is 6.42 Å². The molecule has 5 heteroatoms. The Balaban J connectivity index is 1.88. The van der Waals surface area contributed by atoms with Gasteiger partial charge in [0.15, 0.2) is 4.20 Å². The van der Waals surface area contributed by atoms with Crippen LogP contribution in [0.5, 0.6) is 0 Å². The number of rotatable bonds is 1. The number of hydrogen-bond acceptors (Lipinski definition) is 4. The number of nitrogens with zero attached hydrogens (tertiary/aromatic N) is 2. The molecule has 3 fully saturated rings. The summed E-state index contributed by atoms with van der Waals surface area (Å²) in [5, 5.41) is 9.46. The molecule has 0 radical (unpaired) electrons. The van der Waals surface area contributed by atoms with Crippen molar-refractivity contribution < 1.29 is 4.79 Å². The summed E-state index contributed by atoms with van der Waals surface area (Å²) in [6.07, 6.45) is 0.653. The van der Waals surface area contributed by atoms with Crippen LogP contribution in [0.25, 0.3) is 0 Å². The average Bonchev–Trinajstić information content (AvgIpc) is 3.08. The molecule has 3 aliphatic heterocycles. The largest absolute Gasteiger partial charge is 0.315 e. The zero-order valence-corrected chi connectivity index (χ0v) is 11.8. The second-order valence-corrected chi connectivity index (χ2v) is 8.22. The first-order chi connectivity index (χ1) is 9.23. The van der Waals surface area contributed by atoms with Gasteiger partial charge in [0.1, 0.15) is 4.75 Å². The van der Waals surface area contributed by atoms with Gasteiger partial charge < -0.3 is 4.90 Å². The molecule has 1 aromatic carbocycles. The summed E-state index contributed by atoms with van der Waals surface area (Å²) in [5.74, 6) is 1.09. The normalized spacial score (nSPS) is 39.4. The number of hydrogen-bond donors (Lipinski definition) is 0. The highest BCUT2D eigenvalue weighted by Crippen LogP contribution is 2.71. The van der Waals surface area contributed by atoms with Crippen LogP contribution in [0.3, 0.4) is 0 Å². The van der Waals surface area contributed by atoms with Gasteiger partial charge in [-0.3, -0.25) is 4.79 Å². The highest BCUT2D eigenvalue weighted by atomic mass is 32.2. The molecule has 3 atom stereocenters. The number of nitriles is 1. The van der Waals surface area contributed by atoms with Crippen molar-refractivity contribution in [2.45, 2.75) is 15.4 Å². The van der Waals surface area contributed by atoms with Gasteiger partial charge in [-0.25, -0.2) is 0 Å². The van der Waals surface area contributed by atoms with Gasteiger partial charge >= 0.3 is 0 Å². The highest BCUT2D eigenvalue weighted by Gasteiger charge is 2.72. The third-order valence-electron chi connectivity index (χ3n) is 4.24. The molecule has 2 bridgehead atoms. The smallest absolute Gasteiger partial charge is 0.245 e. The Hall–Kier alpha value is -1.12. The van der Waals surface area contributed by atoms with Gasteiger partial charge in [0.05, 0.1) is 12.0 Å². The summed E-state index contributed by atoms with van der Waals surface area (Å²) in [4.78, 5) is 14.8. The molecule has 0 saturated carbocycles. The van der Waals surface area contributed by atoms with Gasteiger partial charge in [-0.15, -0.1) is 11.8 Å². The van der Waals surface area contributed by atoms with Gasteiger partial charge in [0.25, 0.3) is 0 Å². The Morgan fingerprint density at radius 3 is 2.89 bits per heavy atom. The molecule has 0 aromatic heterocycles. The summed E-state index contributed by atoms with van der Waals surface area (Å²) >= 11 is 3.49. The third kappa shape index (κ3) is 1.24. The third-order valence-corrected chi connectivity index (χ3v) is 7.87. The number of carbonyl (C=O) groups excluding carboxylic acids is 1. The molecule has 3 saturated heterocycles. The first-order valence-corrected chi connectivity index (χ1v) is 8.14. The van der Waals surface area contributed by atoms with Crippen LogP contribution >= 0.6 is 23.5 Å². The second-order valence-electron chi connectivity index (χ2n) is 5.12. The Morgan fingerprint density at radius 1 is 1.37 bits per heavy atom. The lowest BCUT2D eigenvalue weighted by Gasteiger charge is -2.34. The molecule has 0 aliphatic carbocycles. The first kappa shape index (κ1) is 11.7. The molecule has 3 nitrogen and oxygen atoms in total. The van der Waals surface area contributed by atoms with E-state index in [1.165, 1.54) is 0 Å². The van der Waals surface area contributed by atoms with E-state index in [-0.39, 0.29) is 16.0 Å². The first-order valence-electron chi connectivity index (χ1n) is 6.34. The van der Waals surface area contributed by atoms with E-state index in [1.54, 1.807) is 23.5 Å². The minimum atomic E-state index is -0.519. The molecule has 96 valence electrons. The monoisotopic (exact) mass is 288 g/mol. The molecule has 3 aliphatic rings. The van der Waals surface area contributed by atoms with Crippen molar-refractivity contribution in [1.29, 1.82) is 5.26 Å². The maximum Gasteiger partial charge on any atom is 0.245 e. The SMILES string of the molecule is N#C[C@H]1C[C@@]2(c3ccccc3)S[C@@]13SCCN3C2=O. The number of thioether (sulfide) groups is 2. The fraction of sp³-hybridized carbons (Fsp3) is 0.429. The summed E-state index contributed by atoms with van der Waals surface area (Å²) < 4.78 is -0.837. The number of carbonyl (C=O) groups is 1. The fourth-order valence-electron chi connectivity index (χ4n) is 3.40. The van der Waals surface area contributed by atoms with Crippen LogP contribution in [-0.2, 0) is 9.54 Å². The van der Waals surface area contributed by atoms with Gasteiger partial charge in [-0.2, -0.15) is 5.26 Å². The van der Waals surface area contributed by atoms with Crippen LogP contribution in [0.15, 0.2) is 30.3 Å². The molecule has 1 amide bonds. The van der Waals surface area contributed by atoms with Crippen LogP contribution in [0.4, 0.5) is 0 Å². The predicted octanol–water partition coefficient (Wildman–Crippen LogP) is 2.40. The minimum Gasteiger partial charge on any atom is -0.315 e. The quantitative estimate of drug-likeness (QED) is 0.796. The Bertz CT molecular complexity index is 599. The van der Waals surface area contributed by atoms with Gasteiger partial charge in [0, 0.05) is 12.3 Å². The molecule has 1 aromatic rings. The predicted molar refractivity (Wildman–Crippen MR) is 76.3 cm³/mol. The van der Waals surface area contributed by atoms with E-state index >= 15 is 0 Å². The van der Waals surface area contributed by atoms with Crippen molar-refractivity contribution in [3.05, 3.63) is 35.9 Å². The molecule has 0 N–H and O–H groups in total. The van der Waals surface area contributed by atoms with Crippen molar-refractivity contribution >= 4 is 29.4 Å². The molecular weight excluding hydrogens is 276 g/mol. The summed E-state index contributed by atoms with van der Waals surface area (Å²) in [7, 11) is 0. The van der Waals surface area contributed by atoms with Crippen LogP contribution in [0.2, 0.25) is 0 Å². The molecular formula is C14H12N2OS2. The van der Waals surface area contributed by atoms with Crippen LogP contribution in [-0.4, -0.2) is 27.3 Å². The Labute approximate surface area is 120 Å². The fourth-order valence-corrected chi connectivity index (χ4v) is 7.31. The molecule has 1 spiro atoms. The number of benzene rings is 1. The number of fused-ring (bicyclic) bond motifs is 1. The summed E-state index contributed by atoms with van der Waals surface area (Å²) in [5.41, 5.74) is 1.05. The van der Waals surface area contributed by atoms with Gasteiger partial charge in [0.2, 0.25) is 5.91 Å². The van der Waals surface area contributed by atoms with Crippen molar-refractivity contribution in [2.75, 3.05) is 12.3 Å². The zero-order valence-electron chi connectivity index (χ0n) is 10.2. The molecule has 19 heavy (non-hydrogen) atoms. The minimum absolute atomic E-state index is 0.0668. The highest BCUT2D eigenvalue weighted by molar-refractivity contribution is 8.19. The van der Waals surface area contributed by atoms with Crippen LogP contribution in [0, 0.1) is 17.2 Å². The lowest BCUT2D eigenvalue weighted by molar-refractivity contribution is -0.136. The summed E-state index contributed by atoms with van der Waals surface area (Å²) in [6.45, 7) is 0.781. The number of piperidine rings is 1.